The summed E-state index contributed by atoms with van der Waals surface area (Å²) in [5, 5.41) is 7.02. The van der Waals surface area contributed by atoms with Crippen LogP contribution in [0, 0.1) is 17.8 Å². The second-order valence-electron chi connectivity index (χ2n) is 7.44. The molecule has 134 valence electrons. The zero-order valence-electron chi connectivity index (χ0n) is 13.7. The summed E-state index contributed by atoms with van der Waals surface area (Å²) in [5.74, 6) is -0.872. The smallest absolute Gasteiger partial charge is 0.379 e. The molecule has 23 heavy (non-hydrogen) atoms. The molecule has 3 rings (SSSR count). The highest BCUT2D eigenvalue weighted by molar-refractivity contribution is 4.93. The second kappa shape index (κ2) is 7.70. The van der Waals surface area contributed by atoms with Gasteiger partial charge < -0.3 is 15.4 Å². The molecule has 3 aliphatic rings. The van der Waals surface area contributed by atoms with Gasteiger partial charge in [-0.1, -0.05) is 19.3 Å². The zero-order chi connectivity index (χ0) is 16.3. The fraction of sp³-hybridized carbons (Fsp3) is 1.00. The maximum atomic E-state index is 13.2. The first-order chi connectivity index (χ1) is 11.1. The Hall–Kier alpha value is -0.330. The molecule has 1 heterocycles. The Kier molecular flexibility index (Phi) is 5.86. The zero-order valence-corrected chi connectivity index (χ0v) is 13.7. The first kappa shape index (κ1) is 17.5. The predicted molar refractivity (Wildman–Crippen MR) is 83.2 cm³/mol. The highest BCUT2D eigenvalue weighted by Crippen LogP contribution is 2.41. The Morgan fingerprint density at radius 1 is 1.04 bits per heavy atom. The summed E-state index contributed by atoms with van der Waals surface area (Å²) < 4.78 is 45.2. The molecular weight excluding hydrogens is 305 g/mol. The topological polar surface area (TPSA) is 33.3 Å². The van der Waals surface area contributed by atoms with Crippen molar-refractivity contribution in [3.05, 3.63) is 0 Å². The van der Waals surface area contributed by atoms with Crippen LogP contribution in [-0.4, -0.2) is 44.6 Å². The Morgan fingerprint density at radius 3 is 2.61 bits per heavy atom. The average molecular weight is 334 g/mol. The van der Waals surface area contributed by atoms with E-state index in [1.807, 2.05) is 0 Å². The van der Waals surface area contributed by atoms with E-state index in [1.54, 1.807) is 0 Å². The molecule has 3 nitrogen and oxygen atoms in total. The number of nitrogens with one attached hydrogen (secondary N) is 2. The number of alkyl halides is 3. The minimum atomic E-state index is -4.04. The fourth-order valence-electron chi connectivity index (χ4n) is 4.77. The van der Waals surface area contributed by atoms with Crippen molar-refractivity contribution in [1.82, 2.24) is 10.6 Å². The molecule has 0 radical (unpaired) electrons. The quantitative estimate of drug-likeness (QED) is 0.829. The lowest BCUT2D eigenvalue weighted by molar-refractivity contribution is -0.195. The average Bonchev–Trinajstić information content (AvgIpc) is 3.02. The van der Waals surface area contributed by atoms with Crippen LogP contribution in [-0.2, 0) is 4.74 Å². The summed E-state index contributed by atoms with van der Waals surface area (Å²) in [6.07, 6.45) is 2.01. The van der Waals surface area contributed by atoms with Crippen LogP contribution in [0.15, 0.2) is 0 Å². The minimum absolute atomic E-state index is 0.249. The Labute approximate surface area is 136 Å². The van der Waals surface area contributed by atoms with Crippen molar-refractivity contribution >= 4 is 0 Å². The first-order valence-electron chi connectivity index (χ1n) is 9.17. The summed E-state index contributed by atoms with van der Waals surface area (Å²) in [7, 11) is 0. The molecule has 1 saturated heterocycles. The van der Waals surface area contributed by atoms with Crippen molar-refractivity contribution in [3.8, 4) is 0 Å². The summed E-state index contributed by atoms with van der Waals surface area (Å²) in [6.45, 7) is 2.89. The van der Waals surface area contributed by atoms with Crippen LogP contribution in [0.5, 0.6) is 0 Å². The van der Waals surface area contributed by atoms with Gasteiger partial charge in [0.2, 0.25) is 0 Å². The van der Waals surface area contributed by atoms with E-state index in [2.05, 4.69) is 10.6 Å². The molecule has 0 amide bonds. The second-order valence-corrected chi connectivity index (χ2v) is 7.44. The molecule has 0 aromatic heterocycles. The third-order valence-electron chi connectivity index (χ3n) is 6.01. The van der Waals surface area contributed by atoms with E-state index >= 15 is 0 Å². The summed E-state index contributed by atoms with van der Waals surface area (Å²) >= 11 is 0. The third kappa shape index (κ3) is 4.40. The van der Waals surface area contributed by atoms with Gasteiger partial charge in [0.1, 0.15) is 0 Å². The van der Waals surface area contributed by atoms with Gasteiger partial charge in [-0.15, -0.1) is 0 Å². The van der Waals surface area contributed by atoms with Crippen molar-refractivity contribution in [2.45, 2.75) is 63.2 Å². The predicted octanol–water partition coefficient (Wildman–Crippen LogP) is 3.10. The molecule has 2 N–H and O–H groups in total. The van der Waals surface area contributed by atoms with Gasteiger partial charge in [-0.3, -0.25) is 0 Å². The first-order valence-corrected chi connectivity index (χ1v) is 9.17. The van der Waals surface area contributed by atoms with Gasteiger partial charge in [-0.2, -0.15) is 13.2 Å². The van der Waals surface area contributed by atoms with Crippen molar-refractivity contribution in [3.63, 3.8) is 0 Å². The van der Waals surface area contributed by atoms with Gasteiger partial charge >= 0.3 is 6.18 Å². The number of halogens is 3. The number of ether oxygens (including phenoxy) is 1. The molecule has 6 heteroatoms. The van der Waals surface area contributed by atoms with Crippen LogP contribution >= 0.6 is 0 Å². The maximum Gasteiger partial charge on any atom is 0.392 e. The molecule has 3 fully saturated rings. The third-order valence-corrected chi connectivity index (χ3v) is 6.01. The molecule has 2 aliphatic carbocycles. The van der Waals surface area contributed by atoms with Gasteiger partial charge in [-0.25, -0.2) is 0 Å². The SMILES string of the molecule is FC(F)(F)C1CCCCC1CNC1CCCC1C1COCCN1. The van der Waals surface area contributed by atoms with E-state index in [0.29, 0.717) is 37.4 Å². The Balaban J connectivity index is 1.53. The lowest BCUT2D eigenvalue weighted by atomic mass is 9.78. The summed E-state index contributed by atoms with van der Waals surface area (Å²) in [5.41, 5.74) is 0. The van der Waals surface area contributed by atoms with Gasteiger partial charge in [-0.05, 0) is 44.1 Å². The van der Waals surface area contributed by atoms with Gasteiger partial charge in [0.15, 0.2) is 0 Å². The van der Waals surface area contributed by atoms with Crippen molar-refractivity contribution in [2.75, 3.05) is 26.3 Å². The minimum Gasteiger partial charge on any atom is -0.379 e. The summed E-state index contributed by atoms with van der Waals surface area (Å²) in [6, 6.07) is 0.693. The monoisotopic (exact) mass is 334 g/mol. The highest BCUT2D eigenvalue weighted by Gasteiger charge is 2.45. The molecule has 0 aromatic rings. The van der Waals surface area contributed by atoms with Crippen LogP contribution < -0.4 is 10.6 Å². The van der Waals surface area contributed by atoms with Crippen molar-refractivity contribution in [2.24, 2.45) is 17.8 Å². The summed E-state index contributed by atoms with van der Waals surface area (Å²) in [4.78, 5) is 0. The number of hydrogen-bond donors (Lipinski definition) is 2. The number of hydrogen-bond acceptors (Lipinski definition) is 3. The number of morpholine rings is 1. The van der Waals surface area contributed by atoms with Crippen LogP contribution in [0.2, 0.25) is 0 Å². The molecule has 5 atom stereocenters. The normalized spacial score (nSPS) is 39.5. The van der Waals surface area contributed by atoms with Gasteiger partial charge in [0.25, 0.3) is 0 Å². The Morgan fingerprint density at radius 2 is 1.87 bits per heavy atom. The van der Waals surface area contributed by atoms with Crippen LogP contribution in [0.4, 0.5) is 13.2 Å². The van der Waals surface area contributed by atoms with Crippen LogP contribution in [0.3, 0.4) is 0 Å². The number of rotatable bonds is 4. The molecule has 0 aromatic carbocycles. The van der Waals surface area contributed by atoms with Crippen molar-refractivity contribution in [1.29, 1.82) is 0 Å². The molecule has 2 saturated carbocycles. The van der Waals surface area contributed by atoms with E-state index in [0.717, 1.165) is 51.9 Å². The van der Waals surface area contributed by atoms with Gasteiger partial charge in [0.05, 0.1) is 19.1 Å². The van der Waals surface area contributed by atoms with Crippen molar-refractivity contribution < 1.29 is 17.9 Å². The molecule has 5 unspecified atom stereocenters. The lowest BCUT2D eigenvalue weighted by Gasteiger charge is -2.36. The molecule has 0 bridgehead atoms. The largest absolute Gasteiger partial charge is 0.392 e. The van der Waals surface area contributed by atoms with E-state index < -0.39 is 12.1 Å². The van der Waals surface area contributed by atoms with Crippen LogP contribution in [0.1, 0.15) is 44.9 Å². The molecule has 1 aliphatic heterocycles. The van der Waals surface area contributed by atoms with Gasteiger partial charge in [0, 0.05) is 18.6 Å². The standard InChI is InChI=1S/C17H29F3N2O/c18-17(19,20)14-6-2-1-4-12(14)10-22-15-7-3-5-13(15)16-11-23-9-8-21-16/h12-16,21-22H,1-11H2. The van der Waals surface area contributed by atoms with E-state index in [-0.39, 0.29) is 5.92 Å². The fourth-order valence-corrected chi connectivity index (χ4v) is 4.77. The maximum absolute atomic E-state index is 13.2. The van der Waals surface area contributed by atoms with E-state index in [9.17, 15) is 13.2 Å². The molecular formula is C17H29F3N2O. The highest BCUT2D eigenvalue weighted by atomic mass is 19.4. The Bertz CT molecular complexity index is 371. The lowest BCUT2D eigenvalue weighted by Crippen LogP contribution is -2.52. The van der Waals surface area contributed by atoms with E-state index in [4.69, 9.17) is 4.74 Å². The van der Waals surface area contributed by atoms with E-state index in [1.165, 1.54) is 0 Å². The van der Waals surface area contributed by atoms with Crippen LogP contribution in [0.25, 0.3) is 0 Å². The molecule has 0 spiro atoms.